The van der Waals surface area contributed by atoms with Crippen molar-refractivity contribution in [2.45, 2.75) is 4.90 Å². The molecular weight excluding hydrogens is 291 g/mol. The number of nitrogens with one attached hydrogen (secondary N) is 1. The standard InChI is InChI=1S/C12H17ClN2OS.ClH/c1-14-7-8-15(2)12(16)9-17-11-5-3-10(13)4-6-11;/h3-6,14H,7-9H2,1-2H3;1H. The molecule has 0 bridgehead atoms. The molecule has 0 atom stereocenters. The molecule has 1 aromatic rings. The lowest BCUT2D eigenvalue weighted by Gasteiger charge is -2.16. The van der Waals surface area contributed by atoms with E-state index in [0.717, 1.165) is 18.0 Å². The van der Waals surface area contributed by atoms with Crippen LogP contribution in [-0.2, 0) is 4.79 Å². The maximum absolute atomic E-state index is 11.7. The summed E-state index contributed by atoms with van der Waals surface area (Å²) in [5.41, 5.74) is 0. The van der Waals surface area contributed by atoms with Crippen LogP contribution in [0.1, 0.15) is 0 Å². The molecule has 0 spiro atoms. The van der Waals surface area contributed by atoms with Crippen LogP contribution >= 0.6 is 35.8 Å². The molecule has 0 saturated heterocycles. The van der Waals surface area contributed by atoms with E-state index in [2.05, 4.69) is 5.32 Å². The Kier molecular flexibility index (Phi) is 9.28. The summed E-state index contributed by atoms with van der Waals surface area (Å²) in [7, 11) is 3.70. The third kappa shape index (κ3) is 6.50. The first kappa shape index (κ1) is 17.6. The number of benzene rings is 1. The highest BCUT2D eigenvalue weighted by Crippen LogP contribution is 2.20. The molecule has 102 valence electrons. The summed E-state index contributed by atoms with van der Waals surface area (Å²) in [5, 5.41) is 3.73. The zero-order valence-electron chi connectivity index (χ0n) is 10.5. The number of amides is 1. The van der Waals surface area contributed by atoms with Gasteiger partial charge in [-0.15, -0.1) is 24.2 Å². The van der Waals surface area contributed by atoms with Crippen molar-refractivity contribution in [1.29, 1.82) is 0 Å². The van der Waals surface area contributed by atoms with Gasteiger partial charge in [0.15, 0.2) is 0 Å². The van der Waals surface area contributed by atoms with Crippen molar-refractivity contribution in [3.8, 4) is 0 Å². The Morgan fingerprint density at radius 3 is 2.56 bits per heavy atom. The van der Waals surface area contributed by atoms with Gasteiger partial charge in [0.05, 0.1) is 5.75 Å². The smallest absolute Gasteiger partial charge is 0.232 e. The first-order valence-electron chi connectivity index (χ1n) is 5.40. The fraction of sp³-hybridized carbons (Fsp3) is 0.417. The molecule has 3 nitrogen and oxygen atoms in total. The highest BCUT2D eigenvalue weighted by Gasteiger charge is 2.08. The Bertz CT molecular complexity index is 360. The van der Waals surface area contributed by atoms with Gasteiger partial charge in [0.1, 0.15) is 0 Å². The molecule has 0 aromatic heterocycles. The molecule has 1 aromatic carbocycles. The van der Waals surface area contributed by atoms with Gasteiger partial charge in [0.2, 0.25) is 5.91 Å². The van der Waals surface area contributed by atoms with Crippen molar-refractivity contribution < 1.29 is 4.79 Å². The molecule has 18 heavy (non-hydrogen) atoms. The largest absolute Gasteiger partial charge is 0.344 e. The summed E-state index contributed by atoms with van der Waals surface area (Å²) in [6.07, 6.45) is 0. The van der Waals surface area contributed by atoms with Crippen LogP contribution in [0.4, 0.5) is 0 Å². The molecule has 0 radical (unpaired) electrons. The number of rotatable bonds is 6. The Morgan fingerprint density at radius 2 is 2.00 bits per heavy atom. The van der Waals surface area contributed by atoms with Crippen LogP contribution in [0.2, 0.25) is 5.02 Å². The van der Waals surface area contributed by atoms with Gasteiger partial charge in [0, 0.05) is 30.1 Å². The Balaban J connectivity index is 0.00000289. The second kappa shape index (κ2) is 9.50. The molecule has 1 amide bonds. The number of hydrogen-bond donors (Lipinski definition) is 1. The fourth-order valence-corrected chi connectivity index (χ4v) is 2.16. The molecular formula is C12H18Cl2N2OS. The molecule has 6 heteroatoms. The average Bonchev–Trinajstić information content (AvgIpc) is 2.34. The summed E-state index contributed by atoms with van der Waals surface area (Å²) in [6.45, 7) is 1.55. The minimum Gasteiger partial charge on any atom is -0.344 e. The summed E-state index contributed by atoms with van der Waals surface area (Å²) < 4.78 is 0. The topological polar surface area (TPSA) is 32.3 Å². The third-order valence-electron chi connectivity index (χ3n) is 2.30. The van der Waals surface area contributed by atoms with E-state index in [-0.39, 0.29) is 18.3 Å². The fourth-order valence-electron chi connectivity index (χ4n) is 1.19. The lowest BCUT2D eigenvalue weighted by Crippen LogP contribution is -2.33. The van der Waals surface area contributed by atoms with E-state index in [0.29, 0.717) is 10.8 Å². The summed E-state index contributed by atoms with van der Waals surface area (Å²) >= 11 is 7.32. The number of hydrogen-bond acceptors (Lipinski definition) is 3. The Morgan fingerprint density at radius 1 is 1.39 bits per heavy atom. The molecule has 0 aliphatic rings. The van der Waals surface area contributed by atoms with E-state index in [1.807, 2.05) is 38.4 Å². The lowest BCUT2D eigenvalue weighted by atomic mass is 10.4. The maximum Gasteiger partial charge on any atom is 0.232 e. The SMILES string of the molecule is CNCCN(C)C(=O)CSc1ccc(Cl)cc1.Cl. The van der Waals surface area contributed by atoms with E-state index < -0.39 is 0 Å². The minimum absolute atomic E-state index is 0. The molecule has 0 heterocycles. The third-order valence-corrected chi connectivity index (χ3v) is 3.55. The highest BCUT2D eigenvalue weighted by atomic mass is 35.5. The predicted octanol–water partition coefficient (Wildman–Crippen LogP) is 2.53. The van der Waals surface area contributed by atoms with E-state index in [9.17, 15) is 4.79 Å². The van der Waals surface area contributed by atoms with Gasteiger partial charge in [0.25, 0.3) is 0 Å². The van der Waals surface area contributed by atoms with E-state index in [1.165, 1.54) is 11.8 Å². The van der Waals surface area contributed by atoms with Gasteiger partial charge in [-0.1, -0.05) is 11.6 Å². The van der Waals surface area contributed by atoms with Crippen LogP contribution in [-0.4, -0.2) is 43.7 Å². The highest BCUT2D eigenvalue weighted by molar-refractivity contribution is 8.00. The van der Waals surface area contributed by atoms with E-state index in [4.69, 9.17) is 11.6 Å². The summed E-state index contributed by atoms with van der Waals surface area (Å²) in [5.74, 6) is 0.599. The normalized spacial score (nSPS) is 9.72. The Labute approximate surface area is 124 Å². The number of nitrogens with zero attached hydrogens (tertiary/aromatic N) is 1. The molecule has 0 saturated carbocycles. The van der Waals surface area contributed by atoms with Gasteiger partial charge in [-0.05, 0) is 31.3 Å². The van der Waals surface area contributed by atoms with Crippen molar-refractivity contribution in [3.05, 3.63) is 29.3 Å². The molecule has 1 rings (SSSR count). The maximum atomic E-state index is 11.7. The van der Waals surface area contributed by atoms with Crippen LogP contribution in [0.15, 0.2) is 29.2 Å². The quantitative estimate of drug-likeness (QED) is 0.820. The molecule has 0 fully saturated rings. The molecule has 0 aliphatic carbocycles. The van der Waals surface area contributed by atoms with Gasteiger partial charge < -0.3 is 10.2 Å². The number of carbonyl (C=O) groups excluding carboxylic acids is 1. The second-order valence-electron chi connectivity index (χ2n) is 3.66. The van der Waals surface area contributed by atoms with Crippen molar-refractivity contribution in [1.82, 2.24) is 10.2 Å². The first-order chi connectivity index (χ1) is 8.13. The van der Waals surface area contributed by atoms with Crippen LogP contribution < -0.4 is 5.32 Å². The number of likely N-dealkylation sites (N-methyl/N-ethyl adjacent to an activating group) is 2. The van der Waals surface area contributed by atoms with Gasteiger partial charge in [-0.2, -0.15) is 0 Å². The van der Waals surface area contributed by atoms with Crippen LogP contribution in [0.3, 0.4) is 0 Å². The van der Waals surface area contributed by atoms with Crippen LogP contribution in [0.25, 0.3) is 0 Å². The van der Waals surface area contributed by atoms with E-state index in [1.54, 1.807) is 4.90 Å². The zero-order chi connectivity index (χ0) is 12.7. The number of carbonyl (C=O) groups is 1. The Hall–Kier alpha value is -0.420. The predicted molar refractivity (Wildman–Crippen MR) is 81.0 cm³/mol. The number of halogens is 2. The van der Waals surface area contributed by atoms with Gasteiger partial charge in [-0.25, -0.2) is 0 Å². The summed E-state index contributed by atoms with van der Waals surface area (Å²) in [6, 6.07) is 7.51. The number of thioether (sulfide) groups is 1. The van der Waals surface area contributed by atoms with Crippen molar-refractivity contribution in [2.75, 3.05) is 32.9 Å². The zero-order valence-corrected chi connectivity index (χ0v) is 12.9. The van der Waals surface area contributed by atoms with Crippen LogP contribution in [0.5, 0.6) is 0 Å². The van der Waals surface area contributed by atoms with Gasteiger partial charge in [-0.3, -0.25) is 4.79 Å². The van der Waals surface area contributed by atoms with Crippen LogP contribution in [0, 0.1) is 0 Å². The molecule has 0 aliphatic heterocycles. The first-order valence-corrected chi connectivity index (χ1v) is 6.76. The van der Waals surface area contributed by atoms with Crippen molar-refractivity contribution in [2.24, 2.45) is 0 Å². The van der Waals surface area contributed by atoms with Gasteiger partial charge >= 0.3 is 0 Å². The van der Waals surface area contributed by atoms with Crippen molar-refractivity contribution in [3.63, 3.8) is 0 Å². The second-order valence-corrected chi connectivity index (χ2v) is 5.15. The summed E-state index contributed by atoms with van der Waals surface area (Å²) in [4.78, 5) is 14.5. The molecule has 1 N–H and O–H groups in total. The van der Waals surface area contributed by atoms with Crippen molar-refractivity contribution >= 4 is 41.7 Å². The molecule has 0 unspecified atom stereocenters. The monoisotopic (exact) mass is 308 g/mol. The minimum atomic E-state index is 0. The average molecular weight is 309 g/mol. The van der Waals surface area contributed by atoms with E-state index >= 15 is 0 Å². The lowest BCUT2D eigenvalue weighted by molar-refractivity contribution is -0.127.